The third-order valence-electron chi connectivity index (χ3n) is 2.59. The van der Waals surface area contributed by atoms with Crippen LogP contribution in [0.1, 0.15) is 26.2 Å². The largest absolute Gasteiger partial charge is 0.479 e. The summed E-state index contributed by atoms with van der Waals surface area (Å²) in [7, 11) is 0. The molecule has 1 fully saturated rings. The standard InChI is InChI=1S/C9H16N2O3/c1-2-10-11-6-4-3-5-9(11,7-12)8(13)14/h7,10H,2-6H2,1H3,(H,13,14). The number of nitrogens with one attached hydrogen (secondary N) is 1. The molecule has 0 aromatic carbocycles. The Balaban J connectivity index is 2.86. The maximum Gasteiger partial charge on any atom is 0.332 e. The Kier molecular flexibility index (Phi) is 3.60. The van der Waals surface area contributed by atoms with Crippen molar-refractivity contribution in [1.29, 1.82) is 0 Å². The van der Waals surface area contributed by atoms with Crippen LogP contribution in [0.4, 0.5) is 0 Å². The van der Waals surface area contributed by atoms with E-state index in [1.807, 2.05) is 6.92 Å². The van der Waals surface area contributed by atoms with Crippen LogP contribution < -0.4 is 5.43 Å². The number of rotatable bonds is 4. The quantitative estimate of drug-likeness (QED) is 0.494. The predicted molar refractivity (Wildman–Crippen MR) is 50.7 cm³/mol. The fraction of sp³-hybridized carbons (Fsp3) is 0.778. The van der Waals surface area contributed by atoms with Gasteiger partial charge in [0.25, 0.3) is 0 Å². The molecule has 1 unspecified atom stereocenters. The lowest BCUT2D eigenvalue weighted by Crippen LogP contribution is -2.63. The molecule has 0 amide bonds. The van der Waals surface area contributed by atoms with Crippen LogP contribution in [0.2, 0.25) is 0 Å². The van der Waals surface area contributed by atoms with E-state index in [2.05, 4.69) is 5.43 Å². The van der Waals surface area contributed by atoms with Gasteiger partial charge in [-0.05, 0) is 19.3 Å². The van der Waals surface area contributed by atoms with Gasteiger partial charge in [-0.25, -0.2) is 9.80 Å². The van der Waals surface area contributed by atoms with E-state index in [9.17, 15) is 9.59 Å². The molecule has 0 spiro atoms. The van der Waals surface area contributed by atoms with Crippen molar-refractivity contribution in [3.05, 3.63) is 0 Å². The zero-order valence-corrected chi connectivity index (χ0v) is 8.32. The molecule has 0 bridgehead atoms. The molecule has 0 aliphatic carbocycles. The summed E-state index contributed by atoms with van der Waals surface area (Å²) in [6, 6.07) is 0. The van der Waals surface area contributed by atoms with Gasteiger partial charge in [-0.2, -0.15) is 0 Å². The second-order valence-corrected chi connectivity index (χ2v) is 3.47. The molecule has 1 aliphatic rings. The molecule has 0 saturated carbocycles. The van der Waals surface area contributed by atoms with Crippen LogP contribution in [-0.2, 0) is 9.59 Å². The van der Waals surface area contributed by atoms with Crippen molar-refractivity contribution in [2.45, 2.75) is 31.7 Å². The van der Waals surface area contributed by atoms with Crippen molar-refractivity contribution in [3.8, 4) is 0 Å². The zero-order chi connectivity index (χ0) is 10.6. The van der Waals surface area contributed by atoms with Gasteiger partial charge in [-0.15, -0.1) is 0 Å². The summed E-state index contributed by atoms with van der Waals surface area (Å²) >= 11 is 0. The van der Waals surface area contributed by atoms with Crippen LogP contribution in [-0.4, -0.2) is 41.0 Å². The molecule has 1 atom stereocenters. The summed E-state index contributed by atoms with van der Waals surface area (Å²) in [6.45, 7) is 3.12. The Morgan fingerprint density at radius 2 is 2.36 bits per heavy atom. The second-order valence-electron chi connectivity index (χ2n) is 3.47. The SMILES string of the molecule is CCNN1CCCCC1(C=O)C(=O)O. The van der Waals surface area contributed by atoms with Crippen LogP contribution >= 0.6 is 0 Å². The Bertz CT molecular complexity index is 230. The van der Waals surface area contributed by atoms with Crippen LogP contribution in [0.25, 0.3) is 0 Å². The highest BCUT2D eigenvalue weighted by Gasteiger charge is 2.45. The second kappa shape index (κ2) is 4.52. The van der Waals surface area contributed by atoms with E-state index < -0.39 is 11.5 Å². The summed E-state index contributed by atoms with van der Waals surface area (Å²) in [5, 5.41) is 10.6. The molecule has 1 rings (SSSR count). The summed E-state index contributed by atoms with van der Waals surface area (Å²) in [4.78, 5) is 22.0. The predicted octanol–water partition coefficient (Wildman–Crippen LogP) is 0.0191. The van der Waals surface area contributed by atoms with Crippen molar-refractivity contribution < 1.29 is 14.7 Å². The van der Waals surface area contributed by atoms with Crippen molar-refractivity contribution >= 4 is 12.3 Å². The molecule has 0 aromatic rings. The van der Waals surface area contributed by atoms with Gasteiger partial charge in [0.1, 0.15) is 0 Å². The molecule has 1 aliphatic heterocycles. The first kappa shape index (κ1) is 11.1. The number of piperidine rings is 1. The Labute approximate surface area is 83.1 Å². The number of carboxylic acids is 1. The van der Waals surface area contributed by atoms with Gasteiger partial charge in [-0.1, -0.05) is 6.92 Å². The minimum absolute atomic E-state index is 0.388. The first-order valence-corrected chi connectivity index (χ1v) is 4.88. The fourth-order valence-corrected chi connectivity index (χ4v) is 1.81. The van der Waals surface area contributed by atoms with E-state index in [0.717, 1.165) is 12.8 Å². The number of carbonyl (C=O) groups is 2. The van der Waals surface area contributed by atoms with Gasteiger partial charge in [0.2, 0.25) is 0 Å². The highest BCUT2D eigenvalue weighted by molar-refractivity contribution is 5.97. The lowest BCUT2D eigenvalue weighted by Gasteiger charge is -2.39. The van der Waals surface area contributed by atoms with Gasteiger partial charge in [0.15, 0.2) is 11.8 Å². The van der Waals surface area contributed by atoms with Crippen molar-refractivity contribution in [2.75, 3.05) is 13.1 Å². The van der Waals surface area contributed by atoms with Crippen molar-refractivity contribution in [3.63, 3.8) is 0 Å². The normalized spacial score (nSPS) is 28.6. The lowest BCUT2D eigenvalue weighted by molar-refractivity contribution is -0.159. The van der Waals surface area contributed by atoms with Gasteiger partial charge in [-0.3, -0.25) is 5.43 Å². The highest BCUT2D eigenvalue weighted by atomic mass is 16.4. The highest BCUT2D eigenvalue weighted by Crippen LogP contribution is 2.24. The maximum absolute atomic E-state index is 11.1. The summed E-state index contributed by atoms with van der Waals surface area (Å²) in [5.74, 6) is -1.06. The Morgan fingerprint density at radius 1 is 1.64 bits per heavy atom. The Hall–Kier alpha value is -0.940. The molecule has 1 saturated heterocycles. The number of hydrogen-bond acceptors (Lipinski definition) is 4. The Morgan fingerprint density at radius 3 is 2.86 bits per heavy atom. The smallest absolute Gasteiger partial charge is 0.332 e. The number of carboxylic acid groups (broad SMARTS) is 1. The number of aldehydes is 1. The van der Waals surface area contributed by atoms with E-state index in [-0.39, 0.29) is 0 Å². The van der Waals surface area contributed by atoms with E-state index in [1.165, 1.54) is 0 Å². The molecule has 5 nitrogen and oxygen atoms in total. The monoisotopic (exact) mass is 200 g/mol. The number of nitrogens with zero attached hydrogens (tertiary/aromatic N) is 1. The van der Waals surface area contributed by atoms with E-state index >= 15 is 0 Å². The molecular weight excluding hydrogens is 184 g/mol. The first-order chi connectivity index (χ1) is 6.67. The van der Waals surface area contributed by atoms with Gasteiger partial charge in [0.05, 0.1) is 0 Å². The van der Waals surface area contributed by atoms with Crippen molar-refractivity contribution in [2.24, 2.45) is 0 Å². The number of hydrogen-bond donors (Lipinski definition) is 2. The molecule has 14 heavy (non-hydrogen) atoms. The minimum atomic E-state index is -1.35. The molecule has 0 radical (unpaired) electrons. The topological polar surface area (TPSA) is 69.6 Å². The average molecular weight is 200 g/mol. The fourth-order valence-electron chi connectivity index (χ4n) is 1.81. The molecule has 80 valence electrons. The molecular formula is C9H16N2O3. The molecule has 0 aromatic heterocycles. The maximum atomic E-state index is 11.1. The van der Waals surface area contributed by atoms with Crippen LogP contribution in [0.15, 0.2) is 0 Å². The summed E-state index contributed by atoms with van der Waals surface area (Å²) in [6.07, 6.45) is 2.64. The van der Waals surface area contributed by atoms with Crippen LogP contribution in [0, 0.1) is 0 Å². The summed E-state index contributed by atoms with van der Waals surface area (Å²) in [5.41, 5.74) is 1.58. The summed E-state index contributed by atoms with van der Waals surface area (Å²) < 4.78 is 0. The molecule has 5 heteroatoms. The number of hydrazine groups is 1. The molecule has 2 N–H and O–H groups in total. The third-order valence-corrected chi connectivity index (χ3v) is 2.59. The van der Waals surface area contributed by atoms with Gasteiger partial charge >= 0.3 is 5.97 Å². The lowest BCUT2D eigenvalue weighted by atomic mass is 9.89. The van der Waals surface area contributed by atoms with Crippen LogP contribution in [0.3, 0.4) is 0 Å². The molecule has 1 heterocycles. The third kappa shape index (κ3) is 1.78. The van der Waals surface area contributed by atoms with Gasteiger partial charge in [0, 0.05) is 13.1 Å². The van der Waals surface area contributed by atoms with E-state index in [1.54, 1.807) is 5.01 Å². The average Bonchev–Trinajstić information content (AvgIpc) is 2.19. The first-order valence-electron chi connectivity index (χ1n) is 4.88. The van der Waals surface area contributed by atoms with Crippen LogP contribution in [0.5, 0.6) is 0 Å². The van der Waals surface area contributed by atoms with E-state index in [0.29, 0.717) is 25.8 Å². The zero-order valence-electron chi connectivity index (χ0n) is 8.32. The number of aliphatic carboxylic acids is 1. The van der Waals surface area contributed by atoms with Crippen molar-refractivity contribution in [1.82, 2.24) is 10.4 Å². The minimum Gasteiger partial charge on any atom is -0.479 e. The number of carbonyl (C=O) groups excluding carboxylic acids is 1. The van der Waals surface area contributed by atoms with Gasteiger partial charge < -0.3 is 9.90 Å². The van der Waals surface area contributed by atoms with E-state index in [4.69, 9.17) is 5.11 Å².